The first-order valence-electron chi connectivity index (χ1n) is 9.64. The molecule has 0 atom stereocenters. The summed E-state index contributed by atoms with van der Waals surface area (Å²) < 4.78 is 8.55. The lowest BCUT2D eigenvalue weighted by Crippen LogP contribution is -2.51. The molecule has 1 aromatic heterocycles. The largest absolute Gasteiger partial charge is 0.444 e. The molecular weight excluding hydrogens is 422 g/mol. The summed E-state index contributed by atoms with van der Waals surface area (Å²) in [4.78, 5) is 28.9. The number of hydrogen-bond acceptors (Lipinski definition) is 3. The molecule has 2 amide bonds. The zero-order valence-corrected chi connectivity index (χ0v) is 18.7. The molecule has 1 aromatic carbocycles. The van der Waals surface area contributed by atoms with Gasteiger partial charge in [-0.25, -0.2) is 4.79 Å². The number of carbonyl (C=O) groups is 2. The van der Waals surface area contributed by atoms with Gasteiger partial charge in [0, 0.05) is 48.3 Å². The summed E-state index contributed by atoms with van der Waals surface area (Å²) in [5.74, 6) is 0.00978. The predicted octanol–water partition coefficient (Wildman–Crippen LogP) is 4.68. The summed E-state index contributed by atoms with van der Waals surface area (Å²) >= 11 is 3.52. The highest BCUT2D eigenvalue weighted by molar-refractivity contribution is 9.10. The smallest absolute Gasteiger partial charge is 0.410 e. The van der Waals surface area contributed by atoms with Crippen LogP contribution in [0.4, 0.5) is 4.79 Å². The van der Waals surface area contributed by atoms with Crippen LogP contribution in [0.2, 0.25) is 0 Å². The number of piperazine rings is 1. The first kappa shape index (κ1) is 20.7. The van der Waals surface area contributed by atoms with Crippen molar-refractivity contribution in [2.24, 2.45) is 0 Å². The fourth-order valence-electron chi connectivity index (χ4n) is 3.41. The number of amides is 2. The van der Waals surface area contributed by atoms with E-state index in [1.807, 2.05) is 50.1 Å². The van der Waals surface area contributed by atoms with Gasteiger partial charge in [0.2, 0.25) is 0 Å². The summed E-state index contributed by atoms with van der Waals surface area (Å²) in [5, 5.41) is 0.955. The highest BCUT2D eigenvalue weighted by atomic mass is 79.9. The molecule has 1 aliphatic heterocycles. The second kappa shape index (κ2) is 7.78. The monoisotopic (exact) mass is 449 g/mol. The summed E-state index contributed by atoms with van der Waals surface area (Å²) in [6.07, 6.45) is 1.63. The van der Waals surface area contributed by atoms with E-state index < -0.39 is 5.60 Å². The van der Waals surface area contributed by atoms with E-state index in [1.54, 1.807) is 4.90 Å². The summed E-state index contributed by atoms with van der Waals surface area (Å²) in [5.41, 5.74) is 1.24. The molecule has 152 valence electrons. The molecule has 1 fully saturated rings. The molecule has 0 spiro atoms. The van der Waals surface area contributed by atoms with Gasteiger partial charge in [0.25, 0.3) is 5.91 Å². The Bertz CT molecular complexity index is 890. The molecule has 0 radical (unpaired) electrons. The molecule has 0 bridgehead atoms. The highest BCUT2D eigenvalue weighted by Gasteiger charge is 2.29. The molecule has 0 N–H and O–H groups in total. The number of rotatable bonds is 2. The van der Waals surface area contributed by atoms with Crippen molar-refractivity contribution in [3.8, 4) is 0 Å². The lowest BCUT2D eigenvalue weighted by molar-refractivity contribution is 0.0141. The SMILES string of the molecule is CC(C)n1cc(C(=O)N2CCN(C(=O)OC(C)(C)C)CC2)c2ccc(Br)cc21. The van der Waals surface area contributed by atoms with Crippen molar-refractivity contribution in [3.05, 3.63) is 34.4 Å². The van der Waals surface area contributed by atoms with Gasteiger partial charge in [0.05, 0.1) is 11.1 Å². The minimum absolute atomic E-state index is 0.00978. The van der Waals surface area contributed by atoms with Crippen LogP contribution in [0.15, 0.2) is 28.9 Å². The third-order valence-corrected chi connectivity index (χ3v) is 5.29. The standard InChI is InChI=1S/C21H28BrN3O3/c1-14(2)25-13-17(16-7-6-15(22)12-18(16)25)19(26)23-8-10-24(11-9-23)20(27)28-21(3,4)5/h6-7,12-14H,8-11H2,1-5H3. The molecule has 0 unspecified atom stereocenters. The van der Waals surface area contributed by atoms with Crippen molar-refractivity contribution in [2.75, 3.05) is 26.2 Å². The van der Waals surface area contributed by atoms with E-state index >= 15 is 0 Å². The van der Waals surface area contributed by atoms with Gasteiger partial charge in [0.15, 0.2) is 0 Å². The number of aromatic nitrogens is 1. The average molecular weight is 450 g/mol. The predicted molar refractivity (Wildman–Crippen MR) is 114 cm³/mol. The summed E-state index contributed by atoms with van der Waals surface area (Å²) in [7, 11) is 0. The van der Waals surface area contributed by atoms with Crippen molar-refractivity contribution in [1.29, 1.82) is 0 Å². The van der Waals surface area contributed by atoms with Crippen molar-refractivity contribution in [1.82, 2.24) is 14.4 Å². The van der Waals surface area contributed by atoms with E-state index in [9.17, 15) is 9.59 Å². The van der Waals surface area contributed by atoms with E-state index in [0.29, 0.717) is 31.7 Å². The molecule has 0 saturated carbocycles. The molecule has 7 heteroatoms. The van der Waals surface area contributed by atoms with E-state index in [0.717, 1.165) is 15.4 Å². The molecule has 1 aliphatic rings. The minimum atomic E-state index is -0.517. The first-order valence-corrected chi connectivity index (χ1v) is 10.4. The maximum Gasteiger partial charge on any atom is 0.410 e. The third kappa shape index (κ3) is 4.35. The Morgan fingerprint density at radius 3 is 2.25 bits per heavy atom. The van der Waals surface area contributed by atoms with Crippen molar-refractivity contribution < 1.29 is 14.3 Å². The third-order valence-electron chi connectivity index (χ3n) is 4.80. The van der Waals surface area contributed by atoms with Crippen LogP contribution in [-0.2, 0) is 4.74 Å². The van der Waals surface area contributed by atoms with Crippen LogP contribution in [0.25, 0.3) is 10.9 Å². The molecule has 0 aliphatic carbocycles. The minimum Gasteiger partial charge on any atom is -0.444 e. The fourth-order valence-corrected chi connectivity index (χ4v) is 3.76. The van der Waals surface area contributed by atoms with Crippen LogP contribution in [0.3, 0.4) is 0 Å². The van der Waals surface area contributed by atoms with Crippen LogP contribution in [0.5, 0.6) is 0 Å². The maximum atomic E-state index is 13.2. The van der Waals surface area contributed by atoms with Crippen LogP contribution >= 0.6 is 15.9 Å². The number of hydrogen-bond donors (Lipinski definition) is 0. The van der Waals surface area contributed by atoms with Crippen LogP contribution in [0.1, 0.15) is 51.0 Å². The Hall–Kier alpha value is -2.02. The zero-order valence-electron chi connectivity index (χ0n) is 17.2. The molecule has 2 heterocycles. The van der Waals surface area contributed by atoms with Gasteiger partial charge >= 0.3 is 6.09 Å². The van der Waals surface area contributed by atoms with Gasteiger partial charge in [-0.15, -0.1) is 0 Å². The number of ether oxygens (including phenoxy) is 1. The lowest BCUT2D eigenvalue weighted by atomic mass is 10.1. The van der Waals surface area contributed by atoms with Gasteiger partial charge in [-0.1, -0.05) is 22.0 Å². The van der Waals surface area contributed by atoms with Gasteiger partial charge in [-0.3, -0.25) is 4.79 Å². The molecule has 6 nitrogen and oxygen atoms in total. The van der Waals surface area contributed by atoms with Crippen LogP contribution in [0, 0.1) is 0 Å². The number of carbonyl (C=O) groups excluding carboxylic acids is 2. The molecule has 3 rings (SSSR count). The van der Waals surface area contributed by atoms with E-state index in [4.69, 9.17) is 4.74 Å². The van der Waals surface area contributed by atoms with E-state index in [1.165, 1.54) is 0 Å². The van der Waals surface area contributed by atoms with Crippen molar-refractivity contribution in [3.63, 3.8) is 0 Å². The quantitative estimate of drug-likeness (QED) is 0.668. The lowest BCUT2D eigenvalue weighted by Gasteiger charge is -2.35. The number of benzene rings is 1. The second-order valence-corrected chi connectivity index (χ2v) is 9.38. The van der Waals surface area contributed by atoms with Gasteiger partial charge in [-0.2, -0.15) is 0 Å². The Labute approximate surface area is 174 Å². The number of fused-ring (bicyclic) bond motifs is 1. The fraction of sp³-hybridized carbons (Fsp3) is 0.524. The average Bonchev–Trinajstić information content (AvgIpc) is 2.98. The van der Waals surface area contributed by atoms with E-state index in [2.05, 4.69) is 34.3 Å². The normalized spacial score (nSPS) is 15.4. The molecule has 2 aromatic rings. The Morgan fingerprint density at radius 2 is 1.68 bits per heavy atom. The molecule has 28 heavy (non-hydrogen) atoms. The molecular formula is C21H28BrN3O3. The maximum absolute atomic E-state index is 13.2. The van der Waals surface area contributed by atoms with Crippen molar-refractivity contribution in [2.45, 2.75) is 46.3 Å². The first-order chi connectivity index (χ1) is 13.1. The Kier molecular flexibility index (Phi) is 5.75. The van der Waals surface area contributed by atoms with Gasteiger partial charge in [-0.05, 0) is 46.8 Å². The summed E-state index contributed by atoms with van der Waals surface area (Å²) in [6, 6.07) is 6.25. The van der Waals surface area contributed by atoms with Gasteiger partial charge < -0.3 is 19.1 Å². The number of halogens is 1. The molecule has 1 saturated heterocycles. The van der Waals surface area contributed by atoms with E-state index in [-0.39, 0.29) is 18.0 Å². The zero-order chi connectivity index (χ0) is 20.6. The topological polar surface area (TPSA) is 54.8 Å². The van der Waals surface area contributed by atoms with Crippen LogP contribution in [-0.4, -0.2) is 58.1 Å². The number of nitrogens with zero attached hydrogens (tertiary/aromatic N) is 3. The van der Waals surface area contributed by atoms with Crippen LogP contribution < -0.4 is 0 Å². The Morgan fingerprint density at radius 1 is 1.07 bits per heavy atom. The highest BCUT2D eigenvalue weighted by Crippen LogP contribution is 2.29. The van der Waals surface area contributed by atoms with Crippen molar-refractivity contribution >= 4 is 38.8 Å². The van der Waals surface area contributed by atoms with Gasteiger partial charge in [0.1, 0.15) is 5.60 Å². The second-order valence-electron chi connectivity index (χ2n) is 8.46. The Balaban J connectivity index is 1.76. The summed E-state index contributed by atoms with van der Waals surface area (Å²) in [6.45, 7) is 11.7.